The number of methoxy groups -OCH3 is 1. The molecule has 0 unspecified atom stereocenters. The molecule has 0 atom stereocenters. The van der Waals surface area contributed by atoms with Crippen LogP contribution < -0.4 is 14.8 Å². The number of hydrogen-bond acceptors (Lipinski definition) is 9. The lowest BCUT2D eigenvalue weighted by Crippen LogP contribution is -2.35. The Hall–Kier alpha value is -2.89. The van der Waals surface area contributed by atoms with Gasteiger partial charge in [0.25, 0.3) is 0 Å². The molecule has 2 aliphatic rings. The maximum absolute atomic E-state index is 12.5. The van der Waals surface area contributed by atoms with Crippen molar-refractivity contribution >= 4 is 46.3 Å². The van der Waals surface area contributed by atoms with Crippen LogP contribution in [0.1, 0.15) is 18.1 Å². The van der Waals surface area contributed by atoms with Gasteiger partial charge in [0.15, 0.2) is 11.5 Å². The number of carbonyl (C=O) groups excluding carboxylic acids is 2. The molecule has 1 saturated heterocycles. The van der Waals surface area contributed by atoms with Crippen molar-refractivity contribution in [3.8, 4) is 11.5 Å². The zero-order valence-corrected chi connectivity index (χ0v) is 22.7. The highest BCUT2D eigenvalue weighted by Gasteiger charge is 2.23. The maximum Gasteiger partial charge on any atom is 0.411 e. The minimum Gasteiger partial charge on any atom is -0.493 e. The molecule has 2 aromatic carbocycles. The second-order valence-electron chi connectivity index (χ2n) is 8.37. The van der Waals surface area contributed by atoms with E-state index >= 15 is 0 Å². The van der Waals surface area contributed by atoms with Crippen molar-refractivity contribution in [1.82, 2.24) is 9.91 Å². The van der Waals surface area contributed by atoms with Crippen molar-refractivity contribution in [3.63, 3.8) is 0 Å². The van der Waals surface area contributed by atoms with Gasteiger partial charge in [-0.05, 0) is 42.8 Å². The maximum atomic E-state index is 12.5. The average molecular weight is 545 g/mol. The Morgan fingerprint density at radius 3 is 2.62 bits per heavy atom. The van der Waals surface area contributed by atoms with Crippen LogP contribution in [0.2, 0.25) is 0 Å². The summed E-state index contributed by atoms with van der Waals surface area (Å²) in [5.41, 5.74) is 3.20. The number of rotatable bonds is 10. The highest BCUT2D eigenvalue weighted by Crippen LogP contribution is 2.30. The summed E-state index contributed by atoms with van der Waals surface area (Å²) in [4.78, 5) is 27.0. The van der Waals surface area contributed by atoms with Gasteiger partial charge in [0, 0.05) is 48.1 Å². The third kappa shape index (κ3) is 7.80. The fourth-order valence-corrected chi connectivity index (χ4v) is 5.62. The zero-order valence-electron chi connectivity index (χ0n) is 21.1. The summed E-state index contributed by atoms with van der Waals surface area (Å²) < 4.78 is 16.4. The second-order valence-corrected chi connectivity index (χ2v) is 10.5. The summed E-state index contributed by atoms with van der Waals surface area (Å²) in [6.07, 6.45) is -0.470. The molecule has 0 aromatic heterocycles. The minimum absolute atomic E-state index is 0.111. The predicted octanol–water partition coefficient (Wildman–Crippen LogP) is 4.76. The normalized spacial score (nSPS) is 16.2. The Morgan fingerprint density at radius 2 is 1.89 bits per heavy atom. The molecule has 0 aliphatic carbocycles. The standard InChI is InChI=1S/C26H32N4O5S2/c1-3-34-24-16-20(6-9-23(24)33-2)22-18-37-26(32)30(28-22)17-19-4-7-21(8-5-19)27-25(31)35-13-10-29-11-14-36-15-12-29/h4-9,16H,3,10-15,17-18H2,1-2H3,(H,27,31). The van der Waals surface area contributed by atoms with E-state index in [2.05, 4.69) is 15.3 Å². The van der Waals surface area contributed by atoms with Gasteiger partial charge in [-0.15, -0.1) is 0 Å². The van der Waals surface area contributed by atoms with Gasteiger partial charge in [0.2, 0.25) is 0 Å². The van der Waals surface area contributed by atoms with Crippen molar-refractivity contribution in [1.29, 1.82) is 0 Å². The van der Waals surface area contributed by atoms with Crippen molar-refractivity contribution < 1.29 is 23.8 Å². The van der Waals surface area contributed by atoms with Gasteiger partial charge in [-0.2, -0.15) is 16.9 Å². The molecule has 0 spiro atoms. The van der Waals surface area contributed by atoms with E-state index in [1.165, 1.54) is 16.8 Å². The van der Waals surface area contributed by atoms with Crippen LogP contribution in [0.5, 0.6) is 11.5 Å². The number of benzene rings is 2. The van der Waals surface area contributed by atoms with Crippen molar-refractivity contribution in [2.75, 3.05) is 62.5 Å². The summed E-state index contributed by atoms with van der Waals surface area (Å²) in [5.74, 6) is 4.04. The van der Waals surface area contributed by atoms with Gasteiger partial charge in [0.1, 0.15) is 6.61 Å². The quantitative estimate of drug-likeness (QED) is 0.458. The van der Waals surface area contributed by atoms with Crippen LogP contribution in [0.4, 0.5) is 15.3 Å². The molecule has 2 amide bonds. The van der Waals surface area contributed by atoms with E-state index in [-0.39, 0.29) is 5.24 Å². The second kappa shape index (κ2) is 13.6. The SMILES string of the molecule is CCOc1cc(C2=NN(Cc3ccc(NC(=O)OCCN4CCSCC4)cc3)C(=O)SC2)ccc1OC. The van der Waals surface area contributed by atoms with Gasteiger partial charge in [-0.3, -0.25) is 15.0 Å². The third-order valence-electron chi connectivity index (χ3n) is 5.86. The smallest absolute Gasteiger partial charge is 0.411 e. The molecule has 37 heavy (non-hydrogen) atoms. The van der Waals surface area contributed by atoms with E-state index in [9.17, 15) is 9.59 Å². The molecule has 1 fully saturated rings. The van der Waals surface area contributed by atoms with E-state index in [0.29, 0.717) is 42.7 Å². The third-order valence-corrected chi connectivity index (χ3v) is 7.68. The van der Waals surface area contributed by atoms with Crippen LogP contribution in [0.15, 0.2) is 47.6 Å². The first-order chi connectivity index (χ1) is 18.1. The average Bonchev–Trinajstić information content (AvgIpc) is 2.92. The van der Waals surface area contributed by atoms with E-state index in [1.807, 2.05) is 49.0 Å². The Labute approximate surface area is 225 Å². The molecule has 2 aromatic rings. The molecule has 2 heterocycles. The number of hydrazone groups is 1. The van der Waals surface area contributed by atoms with Crippen LogP contribution >= 0.6 is 23.5 Å². The number of anilines is 1. The Bertz CT molecular complexity index is 1110. The highest BCUT2D eigenvalue weighted by molar-refractivity contribution is 8.14. The number of ether oxygens (including phenoxy) is 3. The van der Waals surface area contributed by atoms with Crippen molar-refractivity contribution in [3.05, 3.63) is 53.6 Å². The molecule has 11 heteroatoms. The van der Waals surface area contributed by atoms with Gasteiger partial charge in [-0.1, -0.05) is 23.9 Å². The molecule has 4 rings (SSSR count). The fourth-order valence-electron chi connectivity index (χ4n) is 3.90. The molecule has 0 radical (unpaired) electrons. The van der Waals surface area contributed by atoms with E-state index in [4.69, 9.17) is 14.2 Å². The summed E-state index contributed by atoms with van der Waals surface area (Å²) in [5, 5.41) is 8.72. The van der Waals surface area contributed by atoms with Gasteiger partial charge in [0.05, 0.1) is 26.0 Å². The van der Waals surface area contributed by atoms with E-state index < -0.39 is 6.09 Å². The first-order valence-electron chi connectivity index (χ1n) is 12.2. The molecule has 1 N–H and O–H groups in total. The summed E-state index contributed by atoms with van der Waals surface area (Å²) in [7, 11) is 1.60. The predicted molar refractivity (Wildman–Crippen MR) is 149 cm³/mol. The number of nitrogens with one attached hydrogen (secondary N) is 1. The van der Waals surface area contributed by atoms with Gasteiger partial charge >= 0.3 is 11.3 Å². The van der Waals surface area contributed by atoms with Crippen LogP contribution in [0.3, 0.4) is 0 Å². The first kappa shape index (κ1) is 27.2. The van der Waals surface area contributed by atoms with Crippen LogP contribution in [-0.2, 0) is 11.3 Å². The first-order valence-corrected chi connectivity index (χ1v) is 14.4. The number of hydrogen-bond donors (Lipinski definition) is 1. The van der Waals surface area contributed by atoms with Crippen molar-refractivity contribution in [2.24, 2.45) is 5.10 Å². The Balaban J connectivity index is 1.32. The Morgan fingerprint density at radius 1 is 1.11 bits per heavy atom. The summed E-state index contributed by atoms with van der Waals surface area (Å²) >= 11 is 3.17. The van der Waals surface area contributed by atoms with E-state index in [0.717, 1.165) is 48.0 Å². The number of nitrogens with zero attached hydrogens (tertiary/aromatic N) is 3. The molecule has 198 valence electrons. The molecule has 9 nitrogen and oxygen atoms in total. The Kier molecular flexibility index (Phi) is 9.98. The number of carbonyl (C=O) groups is 2. The lowest BCUT2D eigenvalue weighted by atomic mass is 10.1. The molecular weight excluding hydrogens is 512 g/mol. The molecular formula is C26H32N4O5S2. The van der Waals surface area contributed by atoms with Crippen LogP contribution in [-0.4, -0.2) is 84.2 Å². The zero-order chi connectivity index (χ0) is 26.0. The van der Waals surface area contributed by atoms with Crippen molar-refractivity contribution in [2.45, 2.75) is 13.5 Å². The molecule has 0 bridgehead atoms. The fraction of sp³-hybridized carbons (Fsp3) is 0.423. The number of amides is 2. The van der Waals surface area contributed by atoms with Crippen LogP contribution in [0, 0.1) is 0 Å². The van der Waals surface area contributed by atoms with E-state index in [1.54, 1.807) is 19.2 Å². The summed E-state index contributed by atoms with van der Waals surface area (Å²) in [6.45, 7) is 5.95. The monoisotopic (exact) mass is 544 g/mol. The minimum atomic E-state index is -0.470. The lowest BCUT2D eigenvalue weighted by molar-refractivity contribution is 0.142. The summed E-state index contributed by atoms with van der Waals surface area (Å²) in [6, 6.07) is 13.0. The highest BCUT2D eigenvalue weighted by atomic mass is 32.2. The van der Waals surface area contributed by atoms with Crippen LogP contribution in [0.25, 0.3) is 0 Å². The van der Waals surface area contributed by atoms with Gasteiger partial charge < -0.3 is 14.2 Å². The molecule has 0 saturated carbocycles. The molecule has 2 aliphatic heterocycles. The lowest BCUT2D eigenvalue weighted by Gasteiger charge is -2.25. The van der Waals surface area contributed by atoms with Gasteiger partial charge in [-0.25, -0.2) is 9.80 Å². The largest absolute Gasteiger partial charge is 0.493 e. The number of thioether (sulfide) groups is 2. The topological polar surface area (TPSA) is 92.7 Å².